The molecule has 0 bridgehead atoms. The van der Waals surface area contributed by atoms with E-state index in [1.807, 2.05) is 43.9 Å². The molecule has 1 aliphatic carbocycles. The van der Waals surface area contributed by atoms with Gasteiger partial charge in [-0.3, -0.25) is 0 Å². The van der Waals surface area contributed by atoms with Gasteiger partial charge in [-0.2, -0.15) is 0 Å². The number of amides is 1. The Labute approximate surface area is 157 Å². The van der Waals surface area contributed by atoms with E-state index in [-0.39, 0.29) is 11.6 Å². The minimum atomic E-state index is -0.444. The summed E-state index contributed by atoms with van der Waals surface area (Å²) in [6.45, 7) is 10.1. The van der Waals surface area contributed by atoms with Crippen LogP contribution < -0.4 is 5.32 Å². The number of hydrogen-bond donors (Lipinski definition) is 1. The molecule has 0 aromatic heterocycles. The largest absolute Gasteiger partial charge is 0.444 e. The molecule has 0 radical (unpaired) electrons. The quantitative estimate of drug-likeness (QED) is 0.869. The lowest BCUT2D eigenvalue weighted by atomic mass is 9.86. The first kappa shape index (κ1) is 19.2. The van der Waals surface area contributed by atoms with Crippen LogP contribution in [0, 0.1) is 0 Å². The lowest BCUT2D eigenvalue weighted by Crippen LogP contribution is -2.56. The summed E-state index contributed by atoms with van der Waals surface area (Å²) in [4.78, 5) is 14.1. The number of likely N-dealkylation sites (tertiary alicyclic amines) is 1. The molecule has 5 nitrogen and oxygen atoms in total. The summed E-state index contributed by atoms with van der Waals surface area (Å²) in [6.07, 6.45) is 3.16. The lowest BCUT2D eigenvalue weighted by Gasteiger charge is -2.41. The summed E-state index contributed by atoms with van der Waals surface area (Å²) in [5.41, 5.74) is 0.743. The minimum absolute atomic E-state index is 0.0357. The Morgan fingerprint density at radius 2 is 1.96 bits per heavy atom. The monoisotopic (exact) mass is 360 g/mol. The van der Waals surface area contributed by atoms with Crippen molar-refractivity contribution in [2.75, 3.05) is 13.1 Å². The standard InChI is InChI=1S/C21H32N2O3/c1-20(2,3)26-19(24)23-11-10-21(4,15-23)22-17-12-18(13-17)25-14-16-8-6-5-7-9-16/h5-9,17-18,22H,10-15H2,1-4H3. The lowest BCUT2D eigenvalue weighted by molar-refractivity contribution is -0.0323. The molecule has 1 saturated carbocycles. The molecule has 2 fully saturated rings. The van der Waals surface area contributed by atoms with Crippen molar-refractivity contribution < 1.29 is 14.3 Å². The summed E-state index contributed by atoms with van der Waals surface area (Å²) >= 11 is 0. The minimum Gasteiger partial charge on any atom is -0.444 e. The van der Waals surface area contributed by atoms with E-state index < -0.39 is 5.60 Å². The summed E-state index contributed by atoms with van der Waals surface area (Å²) in [5, 5.41) is 3.74. The number of carbonyl (C=O) groups excluding carboxylic acids is 1. The van der Waals surface area contributed by atoms with Gasteiger partial charge in [-0.1, -0.05) is 30.3 Å². The van der Waals surface area contributed by atoms with E-state index >= 15 is 0 Å². The van der Waals surface area contributed by atoms with E-state index in [0.717, 1.165) is 25.8 Å². The van der Waals surface area contributed by atoms with E-state index in [0.29, 0.717) is 25.3 Å². The topological polar surface area (TPSA) is 50.8 Å². The van der Waals surface area contributed by atoms with Gasteiger partial charge < -0.3 is 19.7 Å². The molecule has 1 aromatic rings. The molecule has 0 spiro atoms. The number of nitrogens with zero attached hydrogens (tertiary/aromatic N) is 1. The van der Waals surface area contributed by atoms with Crippen molar-refractivity contribution in [1.82, 2.24) is 10.2 Å². The first-order chi connectivity index (χ1) is 12.2. The molecule has 5 heteroatoms. The van der Waals surface area contributed by atoms with Crippen LogP contribution in [-0.2, 0) is 16.1 Å². The smallest absolute Gasteiger partial charge is 0.410 e. The first-order valence-electron chi connectivity index (χ1n) is 9.64. The van der Waals surface area contributed by atoms with E-state index in [1.54, 1.807) is 0 Å². The number of benzene rings is 1. The van der Waals surface area contributed by atoms with Gasteiger partial charge in [0.15, 0.2) is 0 Å². The maximum absolute atomic E-state index is 12.2. The highest BCUT2D eigenvalue weighted by atomic mass is 16.6. The number of rotatable bonds is 5. The molecule has 1 aliphatic heterocycles. The van der Waals surface area contributed by atoms with Crippen LogP contribution in [0.2, 0.25) is 0 Å². The van der Waals surface area contributed by atoms with Crippen LogP contribution >= 0.6 is 0 Å². The Bertz CT molecular complexity index is 607. The molecule has 26 heavy (non-hydrogen) atoms. The van der Waals surface area contributed by atoms with Crippen molar-refractivity contribution in [3.05, 3.63) is 35.9 Å². The zero-order chi connectivity index (χ0) is 18.8. The number of hydrogen-bond acceptors (Lipinski definition) is 4. The molecule has 144 valence electrons. The third kappa shape index (κ3) is 5.21. The van der Waals surface area contributed by atoms with Crippen molar-refractivity contribution in [3.8, 4) is 0 Å². The highest BCUT2D eigenvalue weighted by molar-refractivity contribution is 5.68. The summed E-state index contributed by atoms with van der Waals surface area (Å²) < 4.78 is 11.5. The Morgan fingerprint density at radius 1 is 1.27 bits per heavy atom. The fourth-order valence-electron chi connectivity index (χ4n) is 3.66. The fraction of sp³-hybridized carbons (Fsp3) is 0.667. The van der Waals surface area contributed by atoms with Crippen molar-refractivity contribution >= 4 is 6.09 Å². The van der Waals surface area contributed by atoms with Gasteiger partial charge >= 0.3 is 6.09 Å². The highest BCUT2D eigenvalue weighted by Gasteiger charge is 2.41. The molecule has 1 amide bonds. The SMILES string of the molecule is CC1(NC2CC(OCc3ccccc3)C2)CCN(C(=O)OC(C)(C)C)C1. The van der Waals surface area contributed by atoms with Crippen molar-refractivity contribution in [2.24, 2.45) is 0 Å². The van der Waals surface area contributed by atoms with E-state index in [2.05, 4.69) is 24.4 Å². The van der Waals surface area contributed by atoms with Gasteiger partial charge in [-0.15, -0.1) is 0 Å². The van der Waals surface area contributed by atoms with Gasteiger partial charge in [0.25, 0.3) is 0 Å². The second-order valence-corrected chi connectivity index (χ2v) is 8.94. The van der Waals surface area contributed by atoms with Crippen LogP contribution in [0.1, 0.15) is 52.5 Å². The number of nitrogens with one attached hydrogen (secondary N) is 1. The Kier molecular flexibility index (Phi) is 5.58. The zero-order valence-electron chi connectivity index (χ0n) is 16.5. The van der Waals surface area contributed by atoms with Gasteiger partial charge in [-0.05, 0) is 52.5 Å². The maximum Gasteiger partial charge on any atom is 0.410 e. The first-order valence-corrected chi connectivity index (χ1v) is 9.64. The molecule has 1 aromatic carbocycles. The van der Waals surface area contributed by atoms with Crippen molar-refractivity contribution in [2.45, 2.75) is 76.9 Å². The van der Waals surface area contributed by atoms with Crippen LogP contribution in [-0.4, -0.2) is 47.4 Å². The highest BCUT2D eigenvalue weighted by Crippen LogP contribution is 2.30. The van der Waals surface area contributed by atoms with Gasteiger partial charge in [0.05, 0.1) is 12.7 Å². The molecule has 1 unspecified atom stereocenters. The molecular weight excluding hydrogens is 328 g/mol. The van der Waals surface area contributed by atoms with Crippen LogP contribution in [0.5, 0.6) is 0 Å². The molecule has 1 saturated heterocycles. The van der Waals surface area contributed by atoms with Crippen LogP contribution in [0.4, 0.5) is 4.79 Å². The Balaban J connectivity index is 1.38. The average Bonchev–Trinajstić information content (AvgIpc) is 2.91. The average molecular weight is 360 g/mol. The predicted octanol–water partition coefficient (Wildman–Crippen LogP) is 3.72. The second-order valence-electron chi connectivity index (χ2n) is 8.94. The van der Waals surface area contributed by atoms with Gasteiger partial charge in [0.1, 0.15) is 5.60 Å². The number of ether oxygens (including phenoxy) is 2. The molecular formula is C21H32N2O3. The van der Waals surface area contributed by atoms with Crippen molar-refractivity contribution in [3.63, 3.8) is 0 Å². The number of carbonyl (C=O) groups is 1. The van der Waals surface area contributed by atoms with Gasteiger partial charge in [0, 0.05) is 24.7 Å². The summed E-state index contributed by atoms with van der Waals surface area (Å²) in [6, 6.07) is 10.8. The van der Waals surface area contributed by atoms with E-state index in [9.17, 15) is 4.79 Å². The van der Waals surface area contributed by atoms with Crippen molar-refractivity contribution in [1.29, 1.82) is 0 Å². The third-order valence-electron chi connectivity index (χ3n) is 5.10. The molecule has 2 aliphatic rings. The predicted molar refractivity (Wildman–Crippen MR) is 102 cm³/mol. The van der Waals surface area contributed by atoms with E-state index in [1.165, 1.54) is 5.56 Å². The van der Waals surface area contributed by atoms with Crippen LogP contribution in [0.3, 0.4) is 0 Å². The third-order valence-corrected chi connectivity index (χ3v) is 5.10. The summed E-state index contributed by atoms with van der Waals surface area (Å²) in [5.74, 6) is 0. The Morgan fingerprint density at radius 3 is 2.62 bits per heavy atom. The molecule has 1 atom stereocenters. The summed E-state index contributed by atoms with van der Waals surface area (Å²) in [7, 11) is 0. The van der Waals surface area contributed by atoms with E-state index in [4.69, 9.17) is 9.47 Å². The zero-order valence-corrected chi connectivity index (χ0v) is 16.5. The molecule has 1 N–H and O–H groups in total. The second kappa shape index (κ2) is 7.57. The Hall–Kier alpha value is -1.59. The van der Waals surface area contributed by atoms with Crippen LogP contribution in [0.15, 0.2) is 30.3 Å². The molecule has 3 rings (SSSR count). The normalized spacial score (nSPS) is 28.7. The van der Waals surface area contributed by atoms with Crippen LogP contribution in [0.25, 0.3) is 0 Å². The molecule has 1 heterocycles. The van der Waals surface area contributed by atoms with Gasteiger partial charge in [-0.25, -0.2) is 4.79 Å². The van der Waals surface area contributed by atoms with Gasteiger partial charge in [0.2, 0.25) is 0 Å². The maximum atomic E-state index is 12.2. The fourth-order valence-corrected chi connectivity index (χ4v) is 3.66.